The van der Waals surface area contributed by atoms with Gasteiger partial charge in [-0.1, -0.05) is 164 Å². The van der Waals surface area contributed by atoms with Crippen LogP contribution >= 0.6 is 0 Å². The van der Waals surface area contributed by atoms with Crippen molar-refractivity contribution < 1.29 is 0 Å². The van der Waals surface area contributed by atoms with Gasteiger partial charge in [-0.2, -0.15) is 0 Å². The highest BCUT2D eigenvalue weighted by Crippen LogP contribution is 2.44. The number of allylic oxidation sites excluding steroid dienone is 5. The number of rotatable bonds is 8. The van der Waals surface area contributed by atoms with E-state index in [1.807, 2.05) is 0 Å². The molecule has 0 radical (unpaired) electrons. The van der Waals surface area contributed by atoms with Crippen LogP contribution in [0, 0.1) is 0 Å². The zero-order valence-corrected chi connectivity index (χ0v) is 33.5. The van der Waals surface area contributed by atoms with Gasteiger partial charge in [0.1, 0.15) is 0 Å². The lowest BCUT2D eigenvalue weighted by atomic mass is 9.89. The summed E-state index contributed by atoms with van der Waals surface area (Å²) in [5.41, 5.74) is 15.0. The monoisotopic (exact) mass is 768 g/mol. The lowest BCUT2D eigenvalue weighted by Gasteiger charge is -2.32. The van der Waals surface area contributed by atoms with Crippen molar-refractivity contribution in [2.75, 3.05) is 9.80 Å². The Morgan fingerprint density at radius 3 is 1.78 bits per heavy atom. The standard InChI is InChI=1S/C58H44N2/c1-2-13-41(14-3-1)43-25-32-49(33-26-43)59(58-40-48-18-7-8-20-53(48)55-22-10-11-23-56(55)58)50-34-27-44(28-35-50)45-29-36-51(37-30-45)60(52-38-31-42-15-4-5-17-47(42)39-52)57-24-12-19-46-16-6-9-21-54(46)57/h1-7,9-19,21-27,29-34,36-40H,8,20,28,35H2. The van der Waals surface area contributed by atoms with Crippen LogP contribution in [0.25, 0.3) is 55.1 Å². The van der Waals surface area contributed by atoms with Gasteiger partial charge in [-0.3, -0.25) is 0 Å². The van der Waals surface area contributed by atoms with Crippen LogP contribution in [-0.2, 0) is 6.42 Å². The Bertz CT molecular complexity index is 3130. The maximum absolute atomic E-state index is 2.52. The molecule has 2 heteroatoms. The molecule has 0 spiro atoms. The Hall–Kier alpha value is -7.42. The Morgan fingerprint density at radius 2 is 1.00 bits per heavy atom. The maximum atomic E-state index is 2.52. The average molecular weight is 769 g/mol. The Balaban J connectivity index is 0.980. The van der Waals surface area contributed by atoms with Crippen LogP contribution in [0.2, 0.25) is 0 Å². The number of anilines is 5. The molecule has 2 aliphatic carbocycles. The second-order valence-corrected chi connectivity index (χ2v) is 16.0. The van der Waals surface area contributed by atoms with Gasteiger partial charge >= 0.3 is 0 Å². The van der Waals surface area contributed by atoms with Gasteiger partial charge in [-0.05, 0) is 135 Å². The summed E-state index contributed by atoms with van der Waals surface area (Å²) < 4.78 is 0. The van der Waals surface area contributed by atoms with Gasteiger partial charge in [0.2, 0.25) is 0 Å². The van der Waals surface area contributed by atoms with Crippen molar-refractivity contribution in [1.29, 1.82) is 0 Å². The number of hydrogen-bond donors (Lipinski definition) is 0. The molecule has 0 aliphatic heterocycles. The zero-order valence-electron chi connectivity index (χ0n) is 33.5. The first kappa shape index (κ1) is 35.7. The lowest BCUT2D eigenvalue weighted by molar-refractivity contribution is 0.930. The number of nitrogens with zero attached hydrogens (tertiary/aromatic N) is 2. The van der Waals surface area contributed by atoms with Crippen LogP contribution in [0.4, 0.5) is 28.4 Å². The molecule has 0 aromatic heterocycles. The summed E-state index contributed by atoms with van der Waals surface area (Å²) in [6.07, 6.45) is 13.4. The SMILES string of the molecule is C1=Cc2cc(N(C3=CC=C(c4ccc(N(c5ccc6ccccc6c5)c5cccc6ccccc56)cc4)CC3)c3ccc(-c4ccccc4)cc3)c3ccccc3c2CC1. The third-order valence-electron chi connectivity index (χ3n) is 12.4. The highest BCUT2D eigenvalue weighted by atomic mass is 15.2. The van der Waals surface area contributed by atoms with Crippen LogP contribution in [0.3, 0.4) is 0 Å². The zero-order chi connectivity index (χ0) is 39.8. The minimum absolute atomic E-state index is 0.925. The van der Waals surface area contributed by atoms with Crippen LogP contribution in [0.5, 0.6) is 0 Å². The summed E-state index contributed by atoms with van der Waals surface area (Å²) >= 11 is 0. The molecule has 0 saturated carbocycles. The van der Waals surface area contributed by atoms with Gasteiger partial charge in [0.05, 0.1) is 11.4 Å². The highest BCUT2D eigenvalue weighted by molar-refractivity contribution is 6.02. The molecule has 60 heavy (non-hydrogen) atoms. The van der Waals surface area contributed by atoms with E-state index in [2.05, 4.69) is 228 Å². The Kier molecular flexibility index (Phi) is 9.17. The van der Waals surface area contributed by atoms with Crippen molar-refractivity contribution in [2.45, 2.75) is 25.7 Å². The van der Waals surface area contributed by atoms with Crippen LogP contribution in [0.15, 0.2) is 218 Å². The number of hydrogen-bond acceptors (Lipinski definition) is 2. The highest BCUT2D eigenvalue weighted by Gasteiger charge is 2.23. The van der Waals surface area contributed by atoms with E-state index in [1.165, 1.54) is 88.5 Å². The first-order valence-electron chi connectivity index (χ1n) is 21.2. The predicted octanol–water partition coefficient (Wildman–Crippen LogP) is 16.1. The van der Waals surface area contributed by atoms with Crippen LogP contribution in [-0.4, -0.2) is 0 Å². The van der Waals surface area contributed by atoms with E-state index in [9.17, 15) is 0 Å². The summed E-state index contributed by atoms with van der Waals surface area (Å²) in [5, 5.41) is 7.58. The fourth-order valence-corrected chi connectivity index (χ4v) is 9.41. The molecular formula is C58H44N2. The van der Waals surface area contributed by atoms with E-state index >= 15 is 0 Å². The largest absolute Gasteiger partial charge is 0.314 e. The van der Waals surface area contributed by atoms with Gasteiger partial charge < -0.3 is 9.80 Å². The molecule has 0 N–H and O–H groups in total. The Morgan fingerprint density at radius 1 is 0.367 bits per heavy atom. The second kappa shape index (κ2) is 15.4. The molecule has 0 atom stereocenters. The summed E-state index contributed by atoms with van der Waals surface area (Å²) in [6.45, 7) is 0. The van der Waals surface area contributed by atoms with Crippen molar-refractivity contribution in [3.05, 3.63) is 235 Å². The maximum Gasteiger partial charge on any atom is 0.0542 e. The number of benzene rings is 9. The molecule has 2 aliphatic rings. The molecule has 0 fully saturated rings. The minimum atomic E-state index is 0.925. The summed E-state index contributed by atoms with van der Waals surface area (Å²) in [5.74, 6) is 0. The van der Waals surface area contributed by atoms with Gasteiger partial charge in [-0.25, -0.2) is 0 Å². The van der Waals surface area contributed by atoms with Gasteiger partial charge in [-0.15, -0.1) is 0 Å². The van der Waals surface area contributed by atoms with Gasteiger partial charge in [0.25, 0.3) is 0 Å². The predicted molar refractivity (Wildman–Crippen MR) is 257 cm³/mol. The second-order valence-electron chi connectivity index (χ2n) is 16.0. The summed E-state index contributed by atoms with van der Waals surface area (Å²) in [4.78, 5) is 4.92. The van der Waals surface area contributed by atoms with Crippen molar-refractivity contribution >= 4 is 72.4 Å². The Labute approximate surface area is 352 Å². The van der Waals surface area contributed by atoms with Crippen molar-refractivity contribution in [2.24, 2.45) is 0 Å². The quantitative estimate of drug-likeness (QED) is 0.152. The topological polar surface area (TPSA) is 6.48 Å². The normalized spacial score (nSPS) is 13.5. The third-order valence-corrected chi connectivity index (χ3v) is 12.4. The van der Waals surface area contributed by atoms with E-state index in [-0.39, 0.29) is 0 Å². The van der Waals surface area contributed by atoms with Gasteiger partial charge in [0.15, 0.2) is 0 Å². The summed E-state index contributed by atoms with van der Waals surface area (Å²) in [7, 11) is 0. The van der Waals surface area contributed by atoms with E-state index in [0.717, 1.165) is 37.1 Å². The number of aryl methyl sites for hydroxylation is 1. The molecule has 0 saturated heterocycles. The molecule has 9 aromatic carbocycles. The molecule has 0 heterocycles. The molecule has 286 valence electrons. The van der Waals surface area contributed by atoms with Gasteiger partial charge in [0, 0.05) is 33.5 Å². The van der Waals surface area contributed by atoms with E-state index in [4.69, 9.17) is 0 Å². The van der Waals surface area contributed by atoms with E-state index in [0.29, 0.717) is 0 Å². The molecule has 9 aromatic rings. The fraction of sp³-hybridized carbons (Fsp3) is 0.0690. The van der Waals surface area contributed by atoms with Crippen molar-refractivity contribution in [1.82, 2.24) is 0 Å². The van der Waals surface area contributed by atoms with Crippen LogP contribution in [0.1, 0.15) is 36.0 Å². The van der Waals surface area contributed by atoms with Crippen LogP contribution < -0.4 is 9.80 Å². The fourth-order valence-electron chi connectivity index (χ4n) is 9.41. The minimum Gasteiger partial charge on any atom is -0.314 e. The smallest absolute Gasteiger partial charge is 0.0542 e. The molecule has 11 rings (SSSR count). The molecule has 0 unspecified atom stereocenters. The summed E-state index contributed by atoms with van der Waals surface area (Å²) in [6, 6.07) is 71.1. The average Bonchev–Trinajstić information content (AvgIpc) is 3.33. The lowest BCUT2D eigenvalue weighted by Crippen LogP contribution is -2.19. The van der Waals surface area contributed by atoms with E-state index < -0.39 is 0 Å². The molecular weight excluding hydrogens is 725 g/mol. The molecule has 2 nitrogen and oxygen atoms in total. The number of fused-ring (bicyclic) bond motifs is 5. The third kappa shape index (κ3) is 6.57. The molecule has 0 amide bonds. The van der Waals surface area contributed by atoms with Crippen molar-refractivity contribution in [3.63, 3.8) is 0 Å². The van der Waals surface area contributed by atoms with Crippen molar-refractivity contribution in [3.8, 4) is 11.1 Å². The van der Waals surface area contributed by atoms with E-state index in [1.54, 1.807) is 0 Å². The first-order chi connectivity index (χ1) is 29.7. The first-order valence-corrected chi connectivity index (χ1v) is 21.2. The molecule has 0 bridgehead atoms.